The summed E-state index contributed by atoms with van der Waals surface area (Å²) in [4.78, 5) is 25.5. The number of carboxylic acids is 1. The summed E-state index contributed by atoms with van der Waals surface area (Å²) in [5.41, 5.74) is 4.32. The molecule has 0 radical (unpaired) electrons. The van der Waals surface area contributed by atoms with Crippen molar-refractivity contribution >= 4 is 23.7 Å². The zero-order valence-electron chi connectivity index (χ0n) is 18.1. The van der Waals surface area contributed by atoms with E-state index >= 15 is 0 Å². The molecule has 0 spiro atoms. The molecule has 1 saturated carbocycles. The van der Waals surface area contributed by atoms with E-state index in [1.54, 1.807) is 18.2 Å². The molecular formula is C28H24N2O3. The molecule has 33 heavy (non-hydrogen) atoms. The van der Waals surface area contributed by atoms with E-state index < -0.39 is 5.97 Å². The summed E-state index contributed by atoms with van der Waals surface area (Å²) in [5.74, 6) is -1.44. The quantitative estimate of drug-likeness (QED) is 0.560. The third kappa shape index (κ3) is 3.98. The average Bonchev–Trinajstić information content (AvgIpc) is 3.25. The molecule has 2 unspecified atom stereocenters. The zero-order valence-corrected chi connectivity index (χ0v) is 18.1. The van der Waals surface area contributed by atoms with Crippen LogP contribution in [0.1, 0.15) is 57.1 Å². The van der Waals surface area contributed by atoms with Crippen molar-refractivity contribution < 1.29 is 14.7 Å². The maximum Gasteiger partial charge on any atom is 0.336 e. The summed E-state index contributed by atoms with van der Waals surface area (Å²) >= 11 is 0. The first kappa shape index (κ1) is 20.9. The monoisotopic (exact) mass is 436 g/mol. The van der Waals surface area contributed by atoms with Gasteiger partial charge in [0.15, 0.2) is 0 Å². The number of hydrazone groups is 1. The minimum absolute atomic E-state index is 0.00978. The first-order valence-corrected chi connectivity index (χ1v) is 11.2. The molecule has 2 aliphatic rings. The van der Waals surface area contributed by atoms with Crippen LogP contribution >= 0.6 is 0 Å². The van der Waals surface area contributed by atoms with Crippen LogP contribution < -0.4 is 0 Å². The highest BCUT2D eigenvalue weighted by atomic mass is 16.4. The lowest BCUT2D eigenvalue weighted by Crippen LogP contribution is -2.32. The van der Waals surface area contributed by atoms with E-state index in [9.17, 15) is 14.7 Å². The average molecular weight is 437 g/mol. The molecule has 5 heteroatoms. The van der Waals surface area contributed by atoms with E-state index in [2.05, 4.69) is 18.2 Å². The lowest BCUT2D eigenvalue weighted by atomic mass is 9.77. The Morgan fingerprint density at radius 1 is 0.879 bits per heavy atom. The fourth-order valence-corrected chi connectivity index (χ4v) is 4.88. The van der Waals surface area contributed by atoms with Crippen molar-refractivity contribution in [2.45, 2.75) is 25.3 Å². The second kappa shape index (κ2) is 8.87. The van der Waals surface area contributed by atoms with E-state index in [0.717, 1.165) is 41.7 Å². The van der Waals surface area contributed by atoms with Gasteiger partial charge in [-0.3, -0.25) is 4.79 Å². The fraction of sp³-hybridized carbons (Fsp3) is 0.179. The van der Waals surface area contributed by atoms with Gasteiger partial charge in [-0.15, -0.1) is 0 Å². The number of carbonyl (C=O) groups is 2. The number of aromatic carboxylic acids is 1. The Kier molecular flexibility index (Phi) is 5.61. The summed E-state index contributed by atoms with van der Waals surface area (Å²) in [5, 5.41) is 16.0. The predicted octanol–water partition coefficient (Wildman–Crippen LogP) is 5.82. The fourth-order valence-electron chi connectivity index (χ4n) is 4.88. The van der Waals surface area contributed by atoms with Crippen molar-refractivity contribution in [3.8, 4) is 0 Å². The van der Waals surface area contributed by atoms with Gasteiger partial charge >= 0.3 is 5.97 Å². The van der Waals surface area contributed by atoms with Crippen LogP contribution in [0, 0.1) is 5.92 Å². The summed E-state index contributed by atoms with van der Waals surface area (Å²) in [7, 11) is 0. The lowest BCUT2D eigenvalue weighted by molar-refractivity contribution is 0.0646. The van der Waals surface area contributed by atoms with Gasteiger partial charge in [-0.05, 0) is 54.2 Å². The maximum absolute atomic E-state index is 13.7. The van der Waals surface area contributed by atoms with Crippen molar-refractivity contribution in [2.24, 2.45) is 11.0 Å². The highest BCUT2D eigenvalue weighted by Crippen LogP contribution is 2.45. The molecule has 1 aliphatic carbocycles. The normalized spacial score (nSPS) is 20.9. The first-order valence-electron chi connectivity index (χ1n) is 11.2. The molecular weight excluding hydrogens is 412 g/mol. The van der Waals surface area contributed by atoms with Crippen LogP contribution in [0.4, 0.5) is 0 Å². The molecule has 5 nitrogen and oxygen atoms in total. The highest BCUT2D eigenvalue weighted by Gasteiger charge is 2.44. The van der Waals surface area contributed by atoms with Crippen molar-refractivity contribution in [1.82, 2.24) is 5.01 Å². The van der Waals surface area contributed by atoms with Crippen LogP contribution in [0.2, 0.25) is 0 Å². The van der Waals surface area contributed by atoms with Crippen LogP contribution in [0.25, 0.3) is 6.08 Å². The Labute approximate surface area is 192 Å². The second-order valence-corrected chi connectivity index (χ2v) is 8.42. The van der Waals surface area contributed by atoms with Crippen LogP contribution in [0.5, 0.6) is 0 Å². The van der Waals surface area contributed by atoms with Crippen LogP contribution in [0.15, 0.2) is 95.6 Å². The van der Waals surface area contributed by atoms with E-state index in [0.29, 0.717) is 0 Å². The summed E-state index contributed by atoms with van der Waals surface area (Å²) in [6, 6.07) is 26.1. The van der Waals surface area contributed by atoms with Gasteiger partial charge in [-0.1, -0.05) is 72.8 Å². The van der Waals surface area contributed by atoms with E-state index in [1.165, 1.54) is 11.1 Å². The smallest absolute Gasteiger partial charge is 0.336 e. The topological polar surface area (TPSA) is 70.0 Å². The van der Waals surface area contributed by atoms with Crippen molar-refractivity contribution in [1.29, 1.82) is 0 Å². The largest absolute Gasteiger partial charge is 0.478 e. The standard InChI is InChI=1S/C28H24N2O3/c31-27(22-15-7-8-16-23(22)28(32)33)30-26(20-12-5-2-6-13-20)24-17-9-14-21(25(24)29-30)18-19-10-3-1-4-11-19/h1-8,10-13,15-16,18,24,26H,9,14,17H2,(H,32,33)/b21-18-. The Bertz CT molecular complexity index is 1250. The van der Waals surface area contributed by atoms with Gasteiger partial charge in [0.2, 0.25) is 0 Å². The van der Waals surface area contributed by atoms with Gasteiger partial charge in [0.25, 0.3) is 5.91 Å². The molecule has 0 saturated heterocycles. The molecule has 1 fully saturated rings. The summed E-state index contributed by atoms with van der Waals surface area (Å²) in [6.45, 7) is 0. The van der Waals surface area contributed by atoms with Gasteiger partial charge in [-0.2, -0.15) is 5.10 Å². The summed E-state index contributed by atoms with van der Waals surface area (Å²) in [6.07, 6.45) is 5.00. The number of hydrogen-bond donors (Lipinski definition) is 1. The Hall–Kier alpha value is -3.99. The Balaban J connectivity index is 1.61. The molecule has 3 aromatic rings. The number of hydrogen-bond acceptors (Lipinski definition) is 3. The SMILES string of the molecule is O=C(O)c1ccccc1C(=O)N1N=C2/C(=C\c3ccccc3)CCCC2C1c1ccccc1. The molecule has 0 aromatic heterocycles. The molecule has 1 aliphatic heterocycles. The number of rotatable bonds is 4. The minimum atomic E-state index is -1.12. The van der Waals surface area contributed by atoms with Crippen LogP contribution in [0.3, 0.4) is 0 Å². The number of nitrogens with zero attached hydrogens (tertiary/aromatic N) is 2. The molecule has 1 N–H and O–H groups in total. The van der Waals surface area contributed by atoms with E-state index in [-0.39, 0.29) is 29.0 Å². The first-order chi connectivity index (χ1) is 16.1. The zero-order chi connectivity index (χ0) is 22.8. The number of allylic oxidation sites excluding steroid dienone is 1. The second-order valence-electron chi connectivity index (χ2n) is 8.42. The predicted molar refractivity (Wildman–Crippen MR) is 128 cm³/mol. The van der Waals surface area contributed by atoms with Crippen LogP contribution in [-0.2, 0) is 0 Å². The van der Waals surface area contributed by atoms with Crippen molar-refractivity contribution in [2.75, 3.05) is 0 Å². The van der Waals surface area contributed by atoms with Gasteiger partial charge in [0.1, 0.15) is 0 Å². The van der Waals surface area contributed by atoms with Crippen molar-refractivity contribution in [3.05, 3.63) is 113 Å². The Morgan fingerprint density at radius 2 is 1.52 bits per heavy atom. The van der Waals surface area contributed by atoms with Gasteiger partial charge < -0.3 is 5.11 Å². The number of carboxylic acid groups (broad SMARTS) is 1. The molecule has 0 bridgehead atoms. The molecule has 3 aromatic carbocycles. The van der Waals surface area contributed by atoms with Crippen molar-refractivity contribution in [3.63, 3.8) is 0 Å². The van der Waals surface area contributed by atoms with Gasteiger partial charge in [0, 0.05) is 5.92 Å². The molecule has 164 valence electrons. The summed E-state index contributed by atoms with van der Waals surface area (Å²) < 4.78 is 0. The number of amides is 1. The maximum atomic E-state index is 13.7. The highest BCUT2D eigenvalue weighted by molar-refractivity contribution is 6.10. The Morgan fingerprint density at radius 3 is 2.21 bits per heavy atom. The van der Waals surface area contributed by atoms with E-state index in [4.69, 9.17) is 5.10 Å². The molecule has 2 atom stereocenters. The molecule has 5 rings (SSSR count). The number of fused-ring (bicyclic) bond motifs is 1. The minimum Gasteiger partial charge on any atom is -0.478 e. The van der Waals surface area contributed by atoms with Gasteiger partial charge in [-0.25, -0.2) is 9.80 Å². The number of carbonyl (C=O) groups excluding carboxylic acids is 1. The van der Waals surface area contributed by atoms with Crippen LogP contribution in [-0.4, -0.2) is 27.7 Å². The lowest BCUT2D eigenvalue weighted by Gasteiger charge is -2.29. The molecule has 1 amide bonds. The van der Waals surface area contributed by atoms with E-state index in [1.807, 2.05) is 48.5 Å². The third-order valence-electron chi connectivity index (χ3n) is 6.38. The molecule has 1 heterocycles. The number of benzene rings is 3. The third-order valence-corrected chi connectivity index (χ3v) is 6.38. The van der Waals surface area contributed by atoms with Gasteiger partial charge in [0.05, 0.1) is 22.9 Å².